The third kappa shape index (κ3) is 2.04. The number of carbonyl (C=O) groups is 1. The van der Waals surface area contributed by atoms with Gasteiger partial charge in [-0.1, -0.05) is 0 Å². The summed E-state index contributed by atoms with van der Waals surface area (Å²) in [4.78, 5) is 16.4. The fourth-order valence-corrected chi connectivity index (χ4v) is 2.19. The third-order valence-corrected chi connectivity index (χ3v) is 3.14. The first-order valence-electron chi connectivity index (χ1n) is 5.97. The minimum atomic E-state index is -0.533. The fourth-order valence-electron chi connectivity index (χ4n) is 2.19. The van der Waals surface area contributed by atoms with Gasteiger partial charge in [0.1, 0.15) is 0 Å². The molecule has 2 heterocycles. The highest BCUT2D eigenvalue weighted by Crippen LogP contribution is 2.38. The summed E-state index contributed by atoms with van der Waals surface area (Å²) in [7, 11) is 1.55. The highest BCUT2D eigenvalue weighted by molar-refractivity contribution is 6.11. The Morgan fingerprint density at radius 2 is 2.16 bits per heavy atom. The monoisotopic (exact) mass is 262 g/mol. The maximum absolute atomic E-state index is 12.0. The third-order valence-electron chi connectivity index (χ3n) is 3.14. The van der Waals surface area contributed by atoms with E-state index in [1.165, 1.54) is 0 Å². The van der Waals surface area contributed by atoms with E-state index in [4.69, 9.17) is 14.2 Å². The molecule has 1 aromatic carbocycles. The number of nitrogens with zero attached hydrogens (tertiary/aromatic N) is 1. The number of fused-ring (bicyclic) bond motifs is 2. The van der Waals surface area contributed by atoms with Crippen molar-refractivity contribution in [2.75, 3.05) is 25.8 Å². The first-order chi connectivity index (χ1) is 9.19. The van der Waals surface area contributed by atoms with Crippen LogP contribution in [0.3, 0.4) is 0 Å². The number of methoxy groups -OCH3 is 1. The van der Waals surface area contributed by atoms with Crippen LogP contribution in [0, 0.1) is 0 Å². The molecule has 1 amide bonds. The number of hydrogen-bond donors (Lipinski definition) is 1. The summed E-state index contributed by atoms with van der Waals surface area (Å²) >= 11 is 0. The van der Waals surface area contributed by atoms with E-state index in [-0.39, 0.29) is 19.3 Å². The molecule has 0 aliphatic carbocycles. The highest BCUT2D eigenvalue weighted by Gasteiger charge is 2.26. The fraction of sp³-hybridized carbons (Fsp3) is 0.385. The van der Waals surface area contributed by atoms with Crippen LogP contribution in [0.2, 0.25) is 0 Å². The van der Waals surface area contributed by atoms with Crippen LogP contribution in [-0.2, 0) is 9.53 Å². The van der Waals surface area contributed by atoms with E-state index >= 15 is 0 Å². The Bertz CT molecular complexity index is 568. The van der Waals surface area contributed by atoms with Crippen molar-refractivity contribution in [1.82, 2.24) is 0 Å². The molecule has 1 atom stereocenters. The molecule has 1 N–H and O–H groups in total. The Morgan fingerprint density at radius 3 is 2.89 bits per heavy atom. The molecule has 0 saturated heterocycles. The molecular weight excluding hydrogens is 248 g/mol. The lowest BCUT2D eigenvalue weighted by Gasteiger charge is -2.10. The van der Waals surface area contributed by atoms with E-state index in [1.54, 1.807) is 13.2 Å². The summed E-state index contributed by atoms with van der Waals surface area (Å²) in [5.74, 6) is 1.13. The average Bonchev–Trinajstić information content (AvgIpc) is 2.79. The van der Waals surface area contributed by atoms with Crippen LogP contribution in [0.1, 0.15) is 12.5 Å². The van der Waals surface area contributed by atoms with Crippen LogP contribution in [-0.4, -0.2) is 38.2 Å². The van der Waals surface area contributed by atoms with Gasteiger partial charge >= 0.3 is 0 Å². The largest absolute Gasteiger partial charge is 0.454 e. The van der Waals surface area contributed by atoms with Crippen molar-refractivity contribution >= 4 is 17.3 Å². The van der Waals surface area contributed by atoms with Crippen LogP contribution in [0.5, 0.6) is 11.5 Å². The quantitative estimate of drug-likeness (QED) is 0.869. The zero-order valence-electron chi connectivity index (χ0n) is 10.7. The van der Waals surface area contributed by atoms with Crippen LogP contribution < -0.4 is 14.8 Å². The molecule has 0 radical (unpaired) electrons. The number of hydrogen-bond acceptors (Lipinski definition) is 5. The molecule has 19 heavy (non-hydrogen) atoms. The molecule has 2 aliphatic heterocycles. The van der Waals surface area contributed by atoms with Gasteiger partial charge < -0.3 is 19.5 Å². The van der Waals surface area contributed by atoms with E-state index in [0.717, 1.165) is 11.3 Å². The zero-order chi connectivity index (χ0) is 13.4. The summed E-state index contributed by atoms with van der Waals surface area (Å²) in [6.45, 7) is 2.32. The molecule has 0 spiro atoms. The lowest BCUT2D eigenvalue weighted by Crippen LogP contribution is -2.29. The first-order valence-corrected chi connectivity index (χ1v) is 5.97. The van der Waals surface area contributed by atoms with E-state index in [1.807, 2.05) is 13.0 Å². The number of amides is 1. The SMILES string of the molecule is COC[C@@H]1N=C(C)c2cc3c(cc2NC1=O)OCO3. The second-order valence-corrected chi connectivity index (χ2v) is 4.43. The lowest BCUT2D eigenvalue weighted by atomic mass is 10.1. The second kappa shape index (κ2) is 4.55. The van der Waals surface area contributed by atoms with Gasteiger partial charge in [-0.25, -0.2) is 0 Å². The summed E-state index contributed by atoms with van der Waals surface area (Å²) in [6.07, 6.45) is 0. The number of ether oxygens (including phenoxy) is 3. The van der Waals surface area contributed by atoms with Gasteiger partial charge in [0, 0.05) is 24.5 Å². The Morgan fingerprint density at radius 1 is 1.42 bits per heavy atom. The Balaban J connectivity index is 2.05. The number of carbonyl (C=O) groups excluding carboxylic acids is 1. The van der Waals surface area contributed by atoms with Crippen molar-refractivity contribution in [3.05, 3.63) is 17.7 Å². The highest BCUT2D eigenvalue weighted by atomic mass is 16.7. The number of rotatable bonds is 2. The zero-order valence-corrected chi connectivity index (χ0v) is 10.7. The molecule has 1 aromatic rings. The van der Waals surface area contributed by atoms with Gasteiger partial charge in [0.15, 0.2) is 17.5 Å². The van der Waals surface area contributed by atoms with Gasteiger partial charge in [0.25, 0.3) is 5.91 Å². The van der Waals surface area contributed by atoms with Crippen LogP contribution >= 0.6 is 0 Å². The molecule has 0 fully saturated rings. The molecule has 100 valence electrons. The van der Waals surface area contributed by atoms with Gasteiger partial charge in [0.05, 0.1) is 12.3 Å². The molecule has 0 bridgehead atoms. The van der Waals surface area contributed by atoms with E-state index < -0.39 is 6.04 Å². The predicted molar refractivity (Wildman–Crippen MR) is 69.1 cm³/mol. The first kappa shape index (κ1) is 12.0. The number of nitrogens with one attached hydrogen (secondary N) is 1. The van der Waals surface area contributed by atoms with Crippen molar-refractivity contribution in [3.8, 4) is 11.5 Å². The van der Waals surface area contributed by atoms with Crippen LogP contribution in [0.4, 0.5) is 5.69 Å². The number of benzene rings is 1. The van der Waals surface area contributed by atoms with Crippen molar-refractivity contribution in [2.45, 2.75) is 13.0 Å². The second-order valence-electron chi connectivity index (χ2n) is 4.43. The molecule has 6 nitrogen and oxygen atoms in total. The lowest BCUT2D eigenvalue weighted by molar-refractivity contribution is -0.118. The predicted octanol–water partition coefficient (Wildman–Crippen LogP) is 1.19. The summed E-state index contributed by atoms with van der Waals surface area (Å²) in [5.41, 5.74) is 2.30. The molecule has 0 saturated carbocycles. The maximum Gasteiger partial charge on any atom is 0.251 e. The van der Waals surface area contributed by atoms with E-state index in [2.05, 4.69) is 10.3 Å². The normalized spacial score (nSPS) is 20.4. The summed E-state index contributed by atoms with van der Waals surface area (Å²) < 4.78 is 15.7. The Labute approximate surface area is 110 Å². The van der Waals surface area contributed by atoms with Crippen molar-refractivity contribution in [1.29, 1.82) is 0 Å². The standard InChI is InChI=1S/C13H14N2O4/c1-7-8-3-11-12(19-6-18-11)4-9(8)15-13(16)10(14-7)5-17-2/h3-4,10H,5-6H2,1-2H3,(H,15,16)/t10-/m0/s1. The van der Waals surface area contributed by atoms with Crippen molar-refractivity contribution in [2.24, 2.45) is 4.99 Å². The van der Waals surface area contributed by atoms with Gasteiger partial charge in [-0.05, 0) is 13.0 Å². The number of aliphatic imine (C=N–C) groups is 1. The van der Waals surface area contributed by atoms with Crippen molar-refractivity contribution in [3.63, 3.8) is 0 Å². The molecule has 2 aliphatic rings. The molecular formula is C13H14N2O4. The smallest absolute Gasteiger partial charge is 0.251 e. The van der Waals surface area contributed by atoms with Crippen LogP contribution in [0.25, 0.3) is 0 Å². The minimum absolute atomic E-state index is 0.182. The molecule has 3 rings (SSSR count). The van der Waals surface area contributed by atoms with Gasteiger partial charge in [0.2, 0.25) is 6.79 Å². The summed E-state index contributed by atoms with van der Waals surface area (Å²) in [6, 6.07) is 3.07. The Hall–Kier alpha value is -2.08. The molecule has 0 aromatic heterocycles. The van der Waals surface area contributed by atoms with E-state index in [9.17, 15) is 4.79 Å². The topological polar surface area (TPSA) is 69.2 Å². The van der Waals surface area contributed by atoms with Crippen molar-refractivity contribution < 1.29 is 19.0 Å². The average molecular weight is 262 g/mol. The van der Waals surface area contributed by atoms with Gasteiger partial charge in [-0.2, -0.15) is 0 Å². The number of anilines is 1. The van der Waals surface area contributed by atoms with Crippen LogP contribution in [0.15, 0.2) is 17.1 Å². The Kier molecular flexibility index (Phi) is 2.87. The van der Waals surface area contributed by atoms with Gasteiger partial charge in [-0.3, -0.25) is 9.79 Å². The molecule has 6 heteroatoms. The summed E-state index contributed by atoms with van der Waals surface area (Å²) in [5, 5.41) is 2.85. The van der Waals surface area contributed by atoms with Gasteiger partial charge in [-0.15, -0.1) is 0 Å². The minimum Gasteiger partial charge on any atom is -0.454 e. The van der Waals surface area contributed by atoms with E-state index in [0.29, 0.717) is 17.2 Å². The maximum atomic E-state index is 12.0. The molecule has 0 unspecified atom stereocenters.